The molecule has 2 N–H and O–H groups in total. The molecular weight excluding hydrogens is 390 g/mol. The van der Waals surface area contributed by atoms with Gasteiger partial charge in [0, 0.05) is 41.6 Å². The molecule has 0 amide bonds. The molecule has 2 aromatic heterocycles. The Morgan fingerprint density at radius 3 is 2.71 bits per heavy atom. The number of sulfonamides is 1. The van der Waals surface area contributed by atoms with Gasteiger partial charge in [0.2, 0.25) is 10.0 Å². The Morgan fingerprint density at radius 1 is 1.21 bits per heavy atom. The van der Waals surface area contributed by atoms with E-state index in [1.807, 2.05) is 7.05 Å². The van der Waals surface area contributed by atoms with Crippen molar-refractivity contribution in [2.24, 2.45) is 0 Å². The Kier molecular flexibility index (Phi) is 5.60. The van der Waals surface area contributed by atoms with Gasteiger partial charge in [-0.05, 0) is 73.0 Å². The van der Waals surface area contributed by atoms with Gasteiger partial charge in [-0.25, -0.2) is 12.7 Å². The molecule has 0 radical (unpaired) electrons. The zero-order valence-electron chi connectivity index (χ0n) is 16.4. The predicted octanol–water partition coefficient (Wildman–Crippen LogP) is 4.14. The van der Waals surface area contributed by atoms with E-state index in [1.54, 1.807) is 22.6 Å². The number of thiophene rings is 1. The van der Waals surface area contributed by atoms with Crippen LogP contribution in [0.3, 0.4) is 0 Å². The predicted molar refractivity (Wildman–Crippen MR) is 117 cm³/mol. The largest absolute Gasteiger partial charge is 0.361 e. The molecule has 150 valence electrons. The second kappa shape index (κ2) is 7.99. The number of aromatic nitrogens is 1. The Labute approximate surface area is 170 Å². The maximum absolute atomic E-state index is 12.1. The summed E-state index contributed by atoms with van der Waals surface area (Å²) in [6, 6.07) is 8.86. The lowest BCUT2D eigenvalue weighted by molar-refractivity contribution is 0.321. The van der Waals surface area contributed by atoms with Gasteiger partial charge in [0.05, 0.1) is 5.75 Å². The van der Waals surface area contributed by atoms with Crippen molar-refractivity contribution in [3.05, 3.63) is 46.3 Å². The summed E-state index contributed by atoms with van der Waals surface area (Å²) < 4.78 is 25.9. The Hall–Kier alpha value is -1.67. The summed E-state index contributed by atoms with van der Waals surface area (Å²) in [6.07, 6.45) is 3.87. The maximum atomic E-state index is 12.1. The first-order valence-electron chi connectivity index (χ1n) is 9.83. The number of hydrogen-bond donors (Lipinski definition) is 2. The lowest BCUT2D eigenvalue weighted by Crippen LogP contribution is -2.38. The molecule has 0 spiro atoms. The quantitative estimate of drug-likeness (QED) is 0.633. The zero-order chi connectivity index (χ0) is 19.7. The molecule has 1 aliphatic heterocycles. The van der Waals surface area contributed by atoms with Crippen molar-refractivity contribution in [1.29, 1.82) is 0 Å². The number of nitrogens with one attached hydrogen (secondary N) is 2. The highest BCUT2D eigenvalue weighted by Crippen LogP contribution is 2.36. The number of hydrogen-bond acceptors (Lipinski definition) is 4. The fourth-order valence-corrected chi connectivity index (χ4v) is 6.12. The molecule has 0 bridgehead atoms. The van der Waals surface area contributed by atoms with Crippen LogP contribution in [-0.2, 0) is 16.6 Å². The number of aromatic amines is 1. The van der Waals surface area contributed by atoms with Crippen LogP contribution in [0.2, 0.25) is 0 Å². The lowest BCUT2D eigenvalue weighted by Gasteiger charge is -2.30. The van der Waals surface area contributed by atoms with Crippen LogP contribution in [0.4, 0.5) is 0 Å². The molecule has 5 nitrogen and oxygen atoms in total. The van der Waals surface area contributed by atoms with Gasteiger partial charge in [0.1, 0.15) is 0 Å². The van der Waals surface area contributed by atoms with E-state index in [4.69, 9.17) is 0 Å². The minimum atomic E-state index is -3.08. The topological polar surface area (TPSA) is 65.2 Å². The van der Waals surface area contributed by atoms with Gasteiger partial charge in [-0.1, -0.05) is 6.07 Å². The molecule has 1 aromatic carbocycles. The normalized spacial score (nSPS) is 16.8. The van der Waals surface area contributed by atoms with Crippen LogP contribution in [0.1, 0.15) is 36.1 Å². The fraction of sp³-hybridized carbons (Fsp3) is 0.429. The molecule has 1 fully saturated rings. The Morgan fingerprint density at radius 2 is 2.00 bits per heavy atom. The SMILES string of the molecule is CCS(=O)(=O)N1CCC(c2c[nH]c3ccc(-c4csc(CNC)c4)cc23)CC1. The highest BCUT2D eigenvalue weighted by atomic mass is 32.2. The number of fused-ring (bicyclic) bond motifs is 1. The smallest absolute Gasteiger partial charge is 0.213 e. The number of H-pyrrole nitrogens is 1. The van der Waals surface area contributed by atoms with E-state index < -0.39 is 10.0 Å². The molecule has 3 heterocycles. The van der Waals surface area contributed by atoms with Crippen molar-refractivity contribution in [2.45, 2.75) is 32.2 Å². The van der Waals surface area contributed by atoms with Crippen molar-refractivity contribution in [2.75, 3.05) is 25.9 Å². The molecule has 1 saturated heterocycles. The lowest BCUT2D eigenvalue weighted by atomic mass is 9.89. The van der Waals surface area contributed by atoms with Crippen LogP contribution in [0.5, 0.6) is 0 Å². The van der Waals surface area contributed by atoms with Crippen LogP contribution in [0.15, 0.2) is 35.8 Å². The average molecular weight is 418 g/mol. The van der Waals surface area contributed by atoms with Crippen molar-refractivity contribution in [1.82, 2.24) is 14.6 Å². The second-order valence-corrected chi connectivity index (χ2v) is 10.7. The minimum absolute atomic E-state index is 0.185. The van der Waals surface area contributed by atoms with E-state index in [2.05, 4.69) is 46.1 Å². The number of benzene rings is 1. The van der Waals surface area contributed by atoms with Crippen LogP contribution >= 0.6 is 11.3 Å². The zero-order valence-corrected chi connectivity index (χ0v) is 18.0. The fourth-order valence-electron chi connectivity index (χ4n) is 4.09. The first kappa shape index (κ1) is 19.6. The summed E-state index contributed by atoms with van der Waals surface area (Å²) in [5, 5.41) is 6.68. The summed E-state index contributed by atoms with van der Waals surface area (Å²) >= 11 is 1.78. The minimum Gasteiger partial charge on any atom is -0.361 e. The van der Waals surface area contributed by atoms with Gasteiger partial charge < -0.3 is 10.3 Å². The van der Waals surface area contributed by atoms with Crippen LogP contribution in [0.25, 0.3) is 22.0 Å². The van der Waals surface area contributed by atoms with Gasteiger partial charge >= 0.3 is 0 Å². The van der Waals surface area contributed by atoms with E-state index in [0.717, 1.165) is 24.9 Å². The van der Waals surface area contributed by atoms with Gasteiger partial charge in [-0.15, -0.1) is 11.3 Å². The van der Waals surface area contributed by atoms with Crippen molar-refractivity contribution >= 4 is 32.3 Å². The van der Waals surface area contributed by atoms with E-state index in [1.165, 1.54) is 27.0 Å². The third-order valence-corrected chi connectivity index (χ3v) is 8.52. The molecular formula is C21H27N3O2S2. The van der Waals surface area contributed by atoms with Gasteiger partial charge in [-0.2, -0.15) is 0 Å². The first-order chi connectivity index (χ1) is 13.5. The molecule has 3 aromatic rings. The average Bonchev–Trinajstić information content (AvgIpc) is 3.35. The van der Waals surface area contributed by atoms with Gasteiger partial charge in [-0.3, -0.25) is 0 Å². The van der Waals surface area contributed by atoms with E-state index in [9.17, 15) is 8.42 Å². The molecule has 1 aliphatic rings. The highest BCUT2D eigenvalue weighted by molar-refractivity contribution is 7.89. The summed E-state index contributed by atoms with van der Waals surface area (Å²) in [5.41, 5.74) is 4.95. The Bertz CT molecular complexity index is 1060. The summed E-state index contributed by atoms with van der Waals surface area (Å²) in [6.45, 7) is 3.84. The van der Waals surface area contributed by atoms with E-state index in [-0.39, 0.29) is 5.75 Å². The van der Waals surface area contributed by atoms with Crippen LogP contribution in [0, 0.1) is 0 Å². The number of piperidine rings is 1. The number of nitrogens with zero attached hydrogens (tertiary/aromatic N) is 1. The van der Waals surface area contributed by atoms with Crippen molar-refractivity contribution in [3.63, 3.8) is 0 Å². The monoisotopic (exact) mass is 417 g/mol. The summed E-state index contributed by atoms with van der Waals surface area (Å²) in [5.74, 6) is 0.583. The standard InChI is InChI=1S/C21H27N3O2S2/c1-3-28(25,26)24-8-6-15(7-9-24)20-13-23-21-5-4-16(11-19(20)21)17-10-18(12-22-2)27-14-17/h4-5,10-11,13-15,22-23H,3,6-9,12H2,1-2H3. The highest BCUT2D eigenvalue weighted by Gasteiger charge is 2.28. The van der Waals surface area contributed by atoms with Crippen molar-refractivity contribution in [3.8, 4) is 11.1 Å². The molecule has 28 heavy (non-hydrogen) atoms. The molecule has 0 saturated carbocycles. The molecule has 7 heteroatoms. The van der Waals surface area contributed by atoms with Crippen molar-refractivity contribution < 1.29 is 8.42 Å². The summed E-state index contributed by atoms with van der Waals surface area (Å²) in [7, 11) is -1.11. The molecule has 0 aliphatic carbocycles. The van der Waals surface area contributed by atoms with Crippen LogP contribution < -0.4 is 5.32 Å². The summed E-state index contributed by atoms with van der Waals surface area (Å²) in [4.78, 5) is 4.73. The number of rotatable bonds is 6. The second-order valence-electron chi connectivity index (χ2n) is 7.41. The van der Waals surface area contributed by atoms with E-state index in [0.29, 0.717) is 19.0 Å². The van der Waals surface area contributed by atoms with Gasteiger partial charge in [0.25, 0.3) is 0 Å². The molecule has 0 atom stereocenters. The Balaban J connectivity index is 1.58. The van der Waals surface area contributed by atoms with Gasteiger partial charge in [0.15, 0.2) is 0 Å². The molecule has 0 unspecified atom stereocenters. The van der Waals surface area contributed by atoms with E-state index >= 15 is 0 Å². The third-order valence-electron chi connectivity index (χ3n) is 5.70. The maximum Gasteiger partial charge on any atom is 0.213 e. The first-order valence-corrected chi connectivity index (χ1v) is 12.3. The third kappa shape index (κ3) is 3.76. The molecule has 4 rings (SSSR count). The van der Waals surface area contributed by atoms with Crippen LogP contribution in [-0.4, -0.2) is 43.6 Å².